The summed E-state index contributed by atoms with van der Waals surface area (Å²) in [4.78, 5) is 23.2. The smallest absolute Gasteiger partial charge is 0.439 e. The van der Waals surface area contributed by atoms with Crippen LogP contribution < -0.4 is 10.5 Å². The van der Waals surface area contributed by atoms with Crippen molar-refractivity contribution in [3.63, 3.8) is 0 Å². The normalized spacial score (nSPS) is 11.0. The Bertz CT molecular complexity index is 1270. The van der Waals surface area contributed by atoms with Crippen LogP contribution in [0.5, 0.6) is 5.88 Å². The number of H-pyrrole nitrogens is 1. The molecular weight excluding hydrogens is 432 g/mol. The summed E-state index contributed by atoms with van der Waals surface area (Å²) >= 11 is 0. The van der Waals surface area contributed by atoms with Crippen molar-refractivity contribution >= 4 is 0 Å². The molecule has 2 N–H and O–H groups in total. The summed E-state index contributed by atoms with van der Waals surface area (Å²) in [6.45, 7) is 4.13. The van der Waals surface area contributed by atoms with Crippen LogP contribution in [0.3, 0.4) is 0 Å². The van der Waals surface area contributed by atoms with E-state index in [0.717, 1.165) is 52.8 Å². The van der Waals surface area contributed by atoms with Crippen molar-refractivity contribution in [1.82, 2.24) is 20.1 Å². The number of rotatable bonds is 10. The van der Waals surface area contributed by atoms with Crippen molar-refractivity contribution in [2.24, 2.45) is 0 Å². The van der Waals surface area contributed by atoms with E-state index < -0.39 is 5.76 Å². The lowest BCUT2D eigenvalue weighted by atomic mass is 9.96. The predicted molar refractivity (Wildman–Crippen MR) is 129 cm³/mol. The maximum absolute atomic E-state index is 11.4. The summed E-state index contributed by atoms with van der Waals surface area (Å²) in [5.41, 5.74) is 5.76. The summed E-state index contributed by atoms with van der Waals surface area (Å²) in [7, 11) is 0. The standard InChI is InChI=1S/C26H28N4O4/c1-3-4-9-23-22(25(33-15-14-31)28-17(2)27-23)16-18-10-12-19(13-11-18)20-7-5-6-8-21(20)24-29-26(32)34-30-24/h5-8,10-13,31H,3-4,9,14-16H2,1-2H3,(H,29,30,32). The molecule has 0 aliphatic rings. The van der Waals surface area contributed by atoms with Crippen molar-refractivity contribution < 1.29 is 14.4 Å². The highest BCUT2D eigenvalue weighted by atomic mass is 16.5. The second kappa shape index (κ2) is 10.9. The molecule has 0 atom stereocenters. The maximum atomic E-state index is 11.4. The van der Waals surface area contributed by atoms with E-state index in [1.54, 1.807) is 0 Å². The van der Waals surface area contributed by atoms with Gasteiger partial charge in [0.15, 0.2) is 5.82 Å². The van der Waals surface area contributed by atoms with Crippen LogP contribution in [0.25, 0.3) is 22.5 Å². The number of aryl methyl sites for hydroxylation is 2. The van der Waals surface area contributed by atoms with Crippen LogP contribution in [0.4, 0.5) is 0 Å². The molecule has 4 aromatic rings. The first-order valence-electron chi connectivity index (χ1n) is 11.4. The Morgan fingerprint density at radius 1 is 1.06 bits per heavy atom. The minimum atomic E-state index is -0.585. The van der Waals surface area contributed by atoms with Gasteiger partial charge in [-0.2, -0.15) is 4.98 Å². The SMILES string of the molecule is CCCCc1nc(C)nc(OCCO)c1Cc1ccc(-c2ccccc2-c2noc(=O)[nH]2)cc1. The molecule has 8 heteroatoms. The van der Waals surface area contributed by atoms with Gasteiger partial charge < -0.3 is 9.84 Å². The van der Waals surface area contributed by atoms with E-state index in [-0.39, 0.29) is 13.2 Å². The van der Waals surface area contributed by atoms with E-state index >= 15 is 0 Å². The zero-order chi connectivity index (χ0) is 23.9. The number of aliphatic hydroxyl groups is 1. The summed E-state index contributed by atoms with van der Waals surface area (Å²) in [6.07, 6.45) is 3.58. The zero-order valence-corrected chi connectivity index (χ0v) is 19.4. The molecule has 4 rings (SSSR count). The topological polar surface area (TPSA) is 114 Å². The first kappa shape index (κ1) is 23.4. The highest BCUT2D eigenvalue weighted by Gasteiger charge is 2.16. The van der Waals surface area contributed by atoms with Crippen LogP contribution in [0.1, 0.15) is 42.4 Å². The van der Waals surface area contributed by atoms with Crippen molar-refractivity contribution in [3.8, 4) is 28.4 Å². The Labute approximate surface area is 197 Å². The molecule has 176 valence electrons. The van der Waals surface area contributed by atoms with E-state index in [1.165, 1.54) is 0 Å². The predicted octanol–water partition coefficient (Wildman–Crippen LogP) is 4.10. The number of aromatic amines is 1. The minimum Gasteiger partial charge on any atom is -0.475 e. The third-order valence-electron chi connectivity index (χ3n) is 5.53. The number of aromatic nitrogens is 4. The van der Waals surface area contributed by atoms with Gasteiger partial charge in [0.2, 0.25) is 5.88 Å². The van der Waals surface area contributed by atoms with E-state index in [0.29, 0.717) is 23.9 Å². The van der Waals surface area contributed by atoms with Crippen LogP contribution >= 0.6 is 0 Å². The first-order valence-corrected chi connectivity index (χ1v) is 11.4. The van der Waals surface area contributed by atoms with E-state index in [2.05, 4.69) is 43.7 Å². The second-order valence-corrected chi connectivity index (χ2v) is 8.04. The average Bonchev–Trinajstić information content (AvgIpc) is 3.29. The van der Waals surface area contributed by atoms with Gasteiger partial charge in [0.25, 0.3) is 0 Å². The Balaban J connectivity index is 1.65. The third kappa shape index (κ3) is 5.40. The molecule has 34 heavy (non-hydrogen) atoms. The molecule has 0 aliphatic heterocycles. The highest BCUT2D eigenvalue weighted by Crippen LogP contribution is 2.31. The highest BCUT2D eigenvalue weighted by molar-refractivity contribution is 5.80. The average molecular weight is 461 g/mol. The summed E-state index contributed by atoms with van der Waals surface area (Å²) in [5.74, 6) is 1.02. The third-order valence-corrected chi connectivity index (χ3v) is 5.53. The number of ether oxygens (including phenoxy) is 1. The quantitative estimate of drug-likeness (QED) is 0.366. The molecule has 0 fully saturated rings. The number of nitrogens with one attached hydrogen (secondary N) is 1. The van der Waals surface area contributed by atoms with Gasteiger partial charge in [0.1, 0.15) is 12.4 Å². The Kier molecular flexibility index (Phi) is 7.49. The largest absolute Gasteiger partial charge is 0.475 e. The summed E-state index contributed by atoms with van der Waals surface area (Å²) < 4.78 is 10.5. The molecule has 0 radical (unpaired) electrons. The number of unbranched alkanes of at least 4 members (excludes halogenated alkanes) is 1. The fraction of sp³-hybridized carbons (Fsp3) is 0.308. The first-order chi connectivity index (χ1) is 16.6. The van der Waals surface area contributed by atoms with E-state index in [9.17, 15) is 9.90 Å². The van der Waals surface area contributed by atoms with Crippen molar-refractivity contribution in [2.45, 2.75) is 39.5 Å². The van der Waals surface area contributed by atoms with Crippen LogP contribution in [0.2, 0.25) is 0 Å². The van der Waals surface area contributed by atoms with E-state index in [1.807, 2.05) is 43.3 Å². The Hall–Kier alpha value is -3.78. The number of hydrogen-bond donors (Lipinski definition) is 2. The van der Waals surface area contributed by atoms with Gasteiger partial charge in [0, 0.05) is 17.5 Å². The molecule has 0 saturated heterocycles. The molecule has 0 spiro atoms. The monoisotopic (exact) mass is 460 g/mol. The lowest BCUT2D eigenvalue weighted by Gasteiger charge is -2.15. The van der Waals surface area contributed by atoms with Gasteiger partial charge in [-0.15, -0.1) is 0 Å². The van der Waals surface area contributed by atoms with Gasteiger partial charge in [-0.1, -0.05) is 67.0 Å². The molecule has 0 bridgehead atoms. The van der Waals surface area contributed by atoms with Gasteiger partial charge >= 0.3 is 5.76 Å². The van der Waals surface area contributed by atoms with Crippen LogP contribution in [0.15, 0.2) is 57.8 Å². The van der Waals surface area contributed by atoms with Gasteiger partial charge in [-0.05, 0) is 36.5 Å². The molecule has 0 amide bonds. The molecule has 0 aliphatic carbocycles. The van der Waals surface area contributed by atoms with E-state index in [4.69, 9.17) is 4.74 Å². The number of hydrogen-bond acceptors (Lipinski definition) is 7. The Morgan fingerprint density at radius 2 is 1.82 bits per heavy atom. The fourth-order valence-electron chi connectivity index (χ4n) is 3.91. The molecule has 2 aromatic heterocycles. The van der Waals surface area contributed by atoms with Crippen molar-refractivity contribution in [2.75, 3.05) is 13.2 Å². The van der Waals surface area contributed by atoms with Gasteiger partial charge in [-0.25, -0.2) is 9.78 Å². The Morgan fingerprint density at radius 3 is 2.50 bits per heavy atom. The zero-order valence-electron chi connectivity index (χ0n) is 19.4. The number of benzene rings is 2. The van der Waals surface area contributed by atoms with Crippen molar-refractivity contribution in [1.29, 1.82) is 0 Å². The van der Waals surface area contributed by atoms with Crippen LogP contribution in [-0.2, 0) is 12.8 Å². The van der Waals surface area contributed by atoms with Gasteiger partial charge in [-0.3, -0.25) is 9.51 Å². The summed E-state index contributed by atoms with van der Waals surface area (Å²) in [5, 5.41) is 13.1. The molecular formula is C26H28N4O4. The molecule has 8 nitrogen and oxygen atoms in total. The van der Waals surface area contributed by atoms with Crippen LogP contribution in [-0.4, -0.2) is 38.4 Å². The second-order valence-electron chi connectivity index (χ2n) is 8.04. The lowest BCUT2D eigenvalue weighted by molar-refractivity contribution is 0.195. The van der Waals surface area contributed by atoms with Gasteiger partial charge in [0.05, 0.1) is 12.3 Å². The van der Waals surface area contributed by atoms with Crippen molar-refractivity contribution in [3.05, 3.63) is 81.7 Å². The summed E-state index contributed by atoms with van der Waals surface area (Å²) in [6, 6.07) is 15.9. The molecule has 0 saturated carbocycles. The van der Waals surface area contributed by atoms with Crippen LogP contribution in [0, 0.1) is 6.92 Å². The minimum absolute atomic E-state index is 0.0718. The molecule has 2 aromatic carbocycles. The number of nitrogens with zero attached hydrogens (tertiary/aromatic N) is 3. The maximum Gasteiger partial charge on any atom is 0.439 e. The molecule has 2 heterocycles. The fourth-order valence-corrected chi connectivity index (χ4v) is 3.91. The lowest BCUT2D eigenvalue weighted by Crippen LogP contribution is -2.11. The molecule has 0 unspecified atom stereocenters. The number of aliphatic hydroxyl groups excluding tert-OH is 1.